The third-order valence-corrected chi connectivity index (χ3v) is 10.0. The third-order valence-electron chi connectivity index (χ3n) is 9.13. The summed E-state index contributed by atoms with van der Waals surface area (Å²) in [4.78, 5) is 39.2. The molecular formula is C31H28O13S. The van der Waals surface area contributed by atoms with E-state index in [-0.39, 0.29) is 25.8 Å². The summed E-state index contributed by atoms with van der Waals surface area (Å²) in [7, 11) is 1.29. The van der Waals surface area contributed by atoms with Gasteiger partial charge in [-0.2, -0.15) is 0 Å². The second-order valence-corrected chi connectivity index (χ2v) is 12.5. The first kappa shape index (κ1) is 28.8. The number of benzene rings is 1. The first-order valence-electron chi connectivity index (χ1n) is 14.5. The van der Waals surface area contributed by atoms with E-state index in [0.717, 1.165) is 4.88 Å². The number of thiophene rings is 1. The lowest BCUT2D eigenvalue weighted by molar-refractivity contribution is -0.368. The van der Waals surface area contributed by atoms with Gasteiger partial charge >= 0.3 is 5.97 Å². The molecule has 2 aromatic rings. The minimum atomic E-state index is -1.50. The molecule has 13 nitrogen and oxygen atoms in total. The van der Waals surface area contributed by atoms with Crippen LogP contribution in [0.5, 0.6) is 11.5 Å². The van der Waals surface area contributed by atoms with Gasteiger partial charge in [0, 0.05) is 11.8 Å². The summed E-state index contributed by atoms with van der Waals surface area (Å²) in [6, 6.07) is 7.18. The fourth-order valence-corrected chi connectivity index (χ4v) is 7.72. The molecule has 3 fully saturated rings. The number of fused-ring (bicyclic) bond motifs is 4. The van der Waals surface area contributed by atoms with E-state index >= 15 is 0 Å². The maximum Gasteiger partial charge on any atom is 0.310 e. The van der Waals surface area contributed by atoms with Gasteiger partial charge in [-0.15, -0.1) is 11.3 Å². The van der Waals surface area contributed by atoms with Gasteiger partial charge < -0.3 is 48.1 Å². The molecule has 0 bridgehead atoms. The van der Waals surface area contributed by atoms with Crippen LogP contribution in [-0.2, 0) is 42.8 Å². The lowest BCUT2D eigenvalue weighted by Crippen LogP contribution is -2.62. The molecule has 4 aliphatic heterocycles. The van der Waals surface area contributed by atoms with Crippen molar-refractivity contribution in [2.24, 2.45) is 11.8 Å². The second kappa shape index (κ2) is 11.0. The van der Waals surface area contributed by atoms with E-state index in [0.29, 0.717) is 28.2 Å². The van der Waals surface area contributed by atoms with E-state index in [1.54, 1.807) is 12.1 Å². The number of carbonyl (C=O) groups is 3. The third kappa shape index (κ3) is 4.62. The monoisotopic (exact) mass is 640 g/mol. The fraction of sp³-hybridized carbons (Fsp3) is 0.452. The van der Waals surface area contributed by atoms with E-state index in [1.165, 1.54) is 30.6 Å². The predicted molar refractivity (Wildman–Crippen MR) is 149 cm³/mol. The standard InChI is InChI=1S/C31H28O13S/c1-37-19-6-12(5-16(32)24(19)33)22-13-7-17-18(41-11-40-17)8-14(13)27(15-9-38-29(36)23(15)22)43-31-26(35)25(34)28-20(42-31)10-39-30(44-28)21-3-2-4-45-21/h2-8,15,20,22-23,25-28,30-31,34-35H,9-11H2,1H3/t15?,20-,22-,23?,25-,26-,27-,28-,30-,31?/m1/s1. The largest absolute Gasteiger partial charge is 0.492 e. The Morgan fingerprint density at radius 3 is 2.51 bits per heavy atom. The van der Waals surface area contributed by atoms with E-state index < -0.39 is 78.4 Å². The van der Waals surface area contributed by atoms with Crippen LogP contribution in [0, 0.1) is 11.8 Å². The Bertz CT molecular complexity index is 1610. The zero-order chi connectivity index (χ0) is 31.0. The number of aliphatic hydroxyl groups excluding tert-OH is 2. The SMILES string of the molecule is COC1=CC([C@@H]2c3cc4c(cc3[C@@H](OC3O[C@@H]5CO[C@@H](c6cccs6)O[C@H]5[C@H](O)[C@H]3O)C3COC(=O)C32)OCO4)=CC(=O)C1=O. The van der Waals surface area contributed by atoms with Crippen LogP contribution in [0.15, 0.2) is 53.1 Å². The molecule has 0 saturated carbocycles. The molecule has 3 saturated heterocycles. The minimum Gasteiger partial charge on any atom is -0.492 e. The van der Waals surface area contributed by atoms with Gasteiger partial charge in [-0.25, -0.2) is 0 Å². The number of ketones is 2. The maximum absolute atomic E-state index is 13.4. The minimum absolute atomic E-state index is 0.0150. The molecule has 5 heterocycles. The van der Waals surface area contributed by atoms with E-state index in [2.05, 4.69) is 0 Å². The van der Waals surface area contributed by atoms with Crippen molar-refractivity contribution < 1.29 is 62.5 Å². The Morgan fingerprint density at radius 1 is 0.956 bits per heavy atom. The highest BCUT2D eigenvalue weighted by Crippen LogP contribution is 2.56. The van der Waals surface area contributed by atoms with Crippen molar-refractivity contribution in [2.45, 2.75) is 49.0 Å². The molecule has 236 valence electrons. The van der Waals surface area contributed by atoms with Crippen LogP contribution < -0.4 is 9.47 Å². The molecule has 2 aliphatic carbocycles. The van der Waals surface area contributed by atoms with Crippen LogP contribution in [0.25, 0.3) is 0 Å². The van der Waals surface area contributed by atoms with Crippen molar-refractivity contribution in [1.29, 1.82) is 0 Å². The van der Waals surface area contributed by atoms with Gasteiger partial charge in [0.2, 0.25) is 12.6 Å². The average molecular weight is 641 g/mol. The molecule has 6 aliphatic rings. The van der Waals surface area contributed by atoms with Gasteiger partial charge in [0.05, 0.1) is 37.2 Å². The number of hydrogen-bond donors (Lipinski definition) is 2. The number of cyclic esters (lactones) is 1. The molecule has 1 aromatic carbocycles. The number of ether oxygens (including phenoxy) is 8. The van der Waals surface area contributed by atoms with Gasteiger partial charge in [0.15, 0.2) is 29.8 Å². The molecule has 0 spiro atoms. The second-order valence-electron chi connectivity index (χ2n) is 11.5. The fourth-order valence-electron chi connectivity index (χ4n) is 7.02. The van der Waals surface area contributed by atoms with E-state index in [4.69, 9.17) is 37.9 Å². The number of allylic oxidation sites excluding steroid dienone is 4. The molecule has 8 rings (SSSR count). The van der Waals surface area contributed by atoms with Gasteiger partial charge in [-0.05, 0) is 52.4 Å². The number of rotatable bonds is 5. The van der Waals surface area contributed by atoms with Crippen molar-refractivity contribution in [1.82, 2.24) is 0 Å². The van der Waals surface area contributed by atoms with Crippen molar-refractivity contribution in [3.05, 3.63) is 69.1 Å². The zero-order valence-corrected chi connectivity index (χ0v) is 24.5. The maximum atomic E-state index is 13.4. The van der Waals surface area contributed by atoms with E-state index in [1.807, 2.05) is 17.5 Å². The van der Waals surface area contributed by atoms with Crippen LogP contribution in [0.3, 0.4) is 0 Å². The van der Waals surface area contributed by atoms with Gasteiger partial charge in [0.1, 0.15) is 24.4 Å². The lowest BCUT2D eigenvalue weighted by atomic mass is 9.65. The van der Waals surface area contributed by atoms with Gasteiger partial charge in [0.25, 0.3) is 5.78 Å². The molecule has 10 atom stereocenters. The molecule has 0 amide bonds. The molecular weight excluding hydrogens is 612 g/mol. The van der Waals surface area contributed by atoms with Crippen molar-refractivity contribution in [3.8, 4) is 11.5 Å². The first-order valence-corrected chi connectivity index (χ1v) is 15.3. The predicted octanol–water partition coefficient (Wildman–Crippen LogP) is 1.59. The summed E-state index contributed by atoms with van der Waals surface area (Å²) in [6.07, 6.45) is -4.71. The summed E-state index contributed by atoms with van der Waals surface area (Å²) in [5.74, 6) is -3.49. The van der Waals surface area contributed by atoms with Crippen LogP contribution >= 0.6 is 11.3 Å². The highest BCUT2D eigenvalue weighted by molar-refractivity contribution is 7.10. The summed E-state index contributed by atoms with van der Waals surface area (Å²) in [5.41, 5.74) is 1.56. The van der Waals surface area contributed by atoms with Crippen molar-refractivity contribution in [3.63, 3.8) is 0 Å². The Kier molecular flexibility index (Phi) is 7.05. The highest BCUT2D eigenvalue weighted by atomic mass is 32.1. The molecule has 3 unspecified atom stereocenters. The molecule has 45 heavy (non-hydrogen) atoms. The number of aliphatic hydroxyl groups is 2. The van der Waals surface area contributed by atoms with Crippen LogP contribution in [0.4, 0.5) is 0 Å². The van der Waals surface area contributed by atoms with Crippen LogP contribution in [0.1, 0.15) is 34.3 Å². The number of hydrogen-bond acceptors (Lipinski definition) is 14. The number of esters is 1. The highest BCUT2D eigenvalue weighted by Gasteiger charge is 2.56. The summed E-state index contributed by atoms with van der Waals surface area (Å²) in [5, 5.41) is 24.3. The normalized spacial score (nSPS) is 36.8. The van der Waals surface area contributed by atoms with Crippen LogP contribution in [0.2, 0.25) is 0 Å². The molecule has 1 aromatic heterocycles. The number of methoxy groups -OCH3 is 1. The zero-order valence-electron chi connectivity index (χ0n) is 23.7. The number of carbonyl (C=O) groups excluding carboxylic acids is 3. The topological polar surface area (TPSA) is 166 Å². The Labute approximate surface area is 259 Å². The number of Topliss-reactive ketones (excluding diaryl/α,β-unsaturated/α-hetero) is 1. The smallest absolute Gasteiger partial charge is 0.310 e. The average Bonchev–Trinajstić information content (AvgIpc) is 3.82. The molecule has 2 N–H and O–H groups in total. The molecule has 0 radical (unpaired) electrons. The van der Waals surface area contributed by atoms with E-state index in [9.17, 15) is 24.6 Å². The summed E-state index contributed by atoms with van der Waals surface area (Å²) < 4.78 is 46.5. The van der Waals surface area contributed by atoms with Crippen molar-refractivity contribution in [2.75, 3.05) is 27.1 Å². The quantitative estimate of drug-likeness (QED) is 0.275. The molecule has 14 heteroatoms. The van der Waals surface area contributed by atoms with Crippen molar-refractivity contribution >= 4 is 28.9 Å². The lowest BCUT2D eigenvalue weighted by Gasteiger charge is -2.48. The summed E-state index contributed by atoms with van der Waals surface area (Å²) in [6.45, 7) is 0.0478. The Morgan fingerprint density at radius 2 is 1.76 bits per heavy atom. The van der Waals surface area contributed by atoms with Gasteiger partial charge in [-0.1, -0.05) is 6.07 Å². The first-order chi connectivity index (χ1) is 21.8. The summed E-state index contributed by atoms with van der Waals surface area (Å²) >= 11 is 1.45. The Balaban J connectivity index is 1.15. The Hall–Kier alpha value is -3.63. The van der Waals surface area contributed by atoms with Gasteiger partial charge in [-0.3, -0.25) is 14.4 Å². The van der Waals surface area contributed by atoms with Crippen LogP contribution in [-0.4, -0.2) is 85.6 Å².